The lowest BCUT2D eigenvalue weighted by molar-refractivity contribution is -0.142. The standard InChI is InChI=1S/C42H66N12O12/c1-23(2)35(40(64)52-13-7-10-26(52)22-55)49-33(60)20-45-30(57)17-47-39(63)28-12-9-15-54(28)42(66)37(25(5)6)51-34(61)21-46-31(58)18-48-38(62)27-11-8-14-53(27)41(65)36(24(3)4)50-32(59)19-44-29(56)16-43/h22,24-28,35-37H,1,7-21,43H2,2-6H3,(H,44,56)(H,45,57)(H,46,58)(H,47,63)(H,48,62)(H,49,60)(H,50,59)(H,51,61)/t26-,27-,28-,35-,36-,37-/m0/s1. The molecule has 0 unspecified atom stereocenters. The van der Waals surface area contributed by atoms with E-state index in [1.54, 1.807) is 34.6 Å². The Kier molecular flexibility index (Phi) is 21.1. The molecule has 0 bridgehead atoms. The van der Waals surface area contributed by atoms with E-state index in [-0.39, 0.29) is 38.5 Å². The number of hydrogen-bond donors (Lipinski definition) is 9. The molecule has 3 aliphatic rings. The summed E-state index contributed by atoms with van der Waals surface area (Å²) in [6.45, 7) is 10.1. The molecule has 0 aromatic heterocycles. The van der Waals surface area contributed by atoms with Gasteiger partial charge in [-0.15, -0.1) is 0 Å². The lowest BCUT2D eigenvalue weighted by Gasteiger charge is -2.30. The Labute approximate surface area is 383 Å². The summed E-state index contributed by atoms with van der Waals surface area (Å²) in [5.41, 5.74) is 5.58. The van der Waals surface area contributed by atoms with Crippen LogP contribution in [0.25, 0.3) is 0 Å². The average molecular weight is 931 g/mol. The molecule has 3 aliphatic heterocycles. The first-order valence-corrected chi connectivity index (χ1v) is 22.2. The van der Waals surface area contributed by atoms with Gasteiger partial charge in [-0.25, -0.2) is 0 Å². The van der Waals surface area contributed by atoms with Crippen LogP contribution in [0.5, 0.6) is 0 Å². The maximum absolute atomic E-state index is 13.7. The molecule has 3 heterocycles. The van der Waals surface area contributed by atoms with E-state index in [0.29, 0.717) is 50.5 Å². The van der Waals surface area contributed by atoms with Crippen molar-refractivity contribution in [3.8, 4) is 0 Å². The molecule has 0 aromatic carbocycles. The molecule has 24 heteroatoms. The lowest BCUT2D eigenvalue weighted by atomic mass is 10.0. The molecular weight excluding hydrogens is 865 g/mol. The highest BCUT2D eigenvalue weighted by atomic mass is 16.2. The van der Waals surface area contributed by atoms with Gasteiger partial charge in [0.2, 0.25) is 65.0 Å². The zero-order valence-corrected chi connectivity index (χ0v) is 38.3. The van der Waals surface area contributed by atoms with Gasteiger partial charge in [0.25, 0.3) is 0 Å². The summed E-state index contributed by atoms with van der Waals surface area (Å²) >= 11 is 0. The minimum atomic E-state index is -1.10. The summed E-state index contributed by atoms with van der Waals surface area (Å²) in [5.74, 6) is -7.62. The van der Waals surface area contributed by atoms with Crippen LogP contribution in [0.4, 0.5) is 0 Å². The molecule has 6 atom stereocenters. The second kappa shape index (κ2) is 25.9. The van der Waals surface area contributed by atoms with Gasteiger partial charge in [-0.3, -0.25) is 52.7 Å². The van der Waals surface area contributed by atoms with Crippen LogP contribution in [0.2, 0.25) is 0 Å². The summed E-state index contributed by atoms with van der Waals surface area (Å²) in [6.07, 6.45) is 3.39. The summed E-state index contributed by atoms with van der Waals surface area (Å²) in [4.78, 5) is 157. The van der Waals surface area contributed by atoms with Gasteiger partial charge in [-0.1, -0.05) is 34.3 Å². The van der Waals surface area contributed by atoms with Gasteiger partial charge in [0.05, 0.1) is 45.3 Å². The summed E-state index contributed by atoms with van der Waals surface area (Å²) < 4.78 is 0. The van der Waals surface area contributed by atoms with Gasteiger partial charge in [0.1, 0.15) is 36.5 Å². The van der Waals surface area contributed by atoms with Crippen molar-refractivity contribution in [1.82, 2.24) is 57.2 Å². The number of aldehydes is 1. The largest absolute Gasteiger partial charge is 0.346 e. The van der Waals surface area contributed by atoms with Crippen molar-refractivity contribution in [3.05, 3.63) is 12.2 Å². The summed E-state index contributed by atoms with van der Waals surface area (Å²) in [6, 6.07) is -5.66. The number of nitrogens with zero attached hydrogens (tertiary/aromatic N) is 3. The second-order valence-electron chi connectivity index (χ2n) is 17.2. The Morgan fingerprint density at radius 1 is 0.545 bits per heavy atom. The van der Waals surface area contributed by atoms with E-state index in [1.165, 1.54) is 14.7 Å². The minimum absolute atomic E-state index is 0.193. The Balaban J connectivity index is 1.45. The quantitative estimate of drug-likeness (QED) is 0.0343. The van der Waals surface area contributed by atoms with E-state index >= 15 is 0 Å². The molecule has 66 heavy (non-hydrogen) atoms. The van der Waals surface area contributed by atoms with Gasteiger partial charge >= 0.3 is 0 Å². The van der Waals surface area contributed by atoms with Crippen molar-refractivity contribution in [2.45, 2.75) is 109 Å². The first kappa shape index (κ1) is 53.9. The molecule has 3 rings (SSSR count). The van der Waals surface area contributed by atoms with Crippen molar-refractivity contribution in [3.63, 3.8) is 0 Å². The number of rotatable bonds is 23. The average Bonchev–Trinajstić information content (AvgIpc) is 4.09. The number of carbonyl (C=O) groups is 12. The van der Waals surface area contributed by atoms with Gasteiger partial charge in [-0.2, -0.15) is 0 Å². The van der Waals surface area contributed by atoms with Gasteiger partial charge < -0.3 is 67.8 Å². The molecule has 366 valence electrons. The zero-order valence-electron chi connectivity index (χ0n) is 38.3. The van der Waals surface area contributed by atoms with Crippen molar-refractivity contribution >= 4 is 71.3 Å². The predicted octanol–water partition coefficient (Wildman–Crippen LogP) is -4.96. The molecule has 0 aliphatic carbocycles. The van der Waals surface area contributed by atoms with Crippen LogP contribution in [0, 0.1) is 11.8 Å². The highest BCUT2D eigenvalue weighted by Crippen LogP contribution is 2.22. The Bertz CT molecular complexity index is 1880. The maximum atomic E-state index is 13.7. The van der Waals surface area contributed by atoms with E-state index < -0.39 is 133 Å². The minimum Gasteiger partial charge on any atom is -0.346 e. The zero-order chi connectivity index (χ0) is 49.2. The Morgan fingerprint density at radius 2 is 0.924 bits per heavy atom. The molecule has 10 N–H and O–H groups in total. The third-order valence-corrected chi connectivity index (χ3v) is 11.3. The van der Waals surface area contributed by atoms with Crippen molar-refractivity contribution < 1.29 is 57.5 Å². The maximum Gasteiger partial charge on any atom is 0.250 e. The van der Waals surface area contributed by atoms with Gasteiger partial charge in [0.15, 0.2) is 0 Å². The number of likely N-dealkylation sites (tertiary alicyclic amines) is 3. The third kappa shape index (κ3) is 15.6. The van der Waals surface area contributed by atoms with E-state index in [4.69, 9.17) is 5.73 Å². The number of carbonyl (C=O) groups excluding carboxylic acids is 12. The third-order valence-electron chi connectivity index (χ3n) is 11.3. The van der Waals surface area contributed by atoms with Crippen LogP contribution < -0.4 is 48.3 Å². The van der Waals surface area contributed by atoms with Crippen LogP contribution in [-0.2, 0) is 57.5 Å². The van der Waals surface area contributed by atoms with Gasteiger partial charge in [0, 0.05) is 19.6 Å². The molecule has 3 fully saturated rings. The van der Waals surface area contributed by atoms with Crippen LogP contribution in [0.3, 0.4) is 0 Å². The van der Waals surface area contributed by atoms with Gasteiger partial charge in [-0.05, 0) is 62.9 Å². The van der Waals surface area contributed by atoms with Crippen LogP contribution in [0.1, 0.15) is 73.1 Å². The Hall–Kier alpha value is -6.46. The predicted molar refractivity (Wildman–Crippen MR) is 235 cm³/mol. The molecule has 0 radical (unpaired) electrons. The van der Waals surface area contributed by atoms with Crippen LogP contribution in [-0.4, -0.2) is 181 Å². The molecule has 0 spiro atoms. The first-order valence-electron chi connectivity index (χ1n) is 22.2. The van der Waals surface area contributed by atoms with Crippen LogP contribution >= 0.6 is 0 Å². The van der Waals surface area contributed by atoms with E-state index in [1.807, 2.05) is 0 Å². The molecule has 24 nitrogen and oxygen atoms in total. The number of nitrogens with two attached hydrogens (primary N) is 1. The van der Waals surface area contributed by atoms with Crippen LogP contribution in [0.15, 0.2) is 12.2 Å². The van der Waals surface area contributed by atoms with E-state index in [9.17, 15) is 57.5 Å². The molecule has 3 saturated heterocycles. The fourth-order valence-electron chi connectivity index (χ4n) is 7.72. The SMILES string of the molecule is C=C(C)[C@H](NC(=O)CNC(=O)CNC(=O)[C@@H]1CCCN1C(=O)[C@@H](NC(=O)CNC(=O)CNC(=O)[C@@H]1CCCN1C(=O)[C@@H](NC(=O)CNC(=O)CN)C(C)C)C(C)C)C(=O)N1CCC[C@H]1C=O. The summed E-state index contributed by atoms with van der Waals surface area (Å²) in [5, 5.41) is 19.7. The topological polar surface area (TPSA) is 337 Å². The monoisotopic (exact) mass is 930 g/mol. The fraction of sp³-hybridized carbons (Fsp3) is 0.667. The number of hydrogen-bond acceptors (Lipinski definition) is 13. The van der Waals surface area contributed by atoms with E-state index in [2.05, 4.69) is 49.1 Å². The van der Waals surface area contributed by atoms with E-state index in [0.717, 1.165) is 0 Å². The normalized spacial score (nSPS) is 19.2. The first-order chi connectivity index (χ1) is 31.2. The molecule has 11 amide bonds. The molecular formula is C42H66N12O12. The van der Waals surface area contributed by atoms with Crippen molar-refractivity contribution in [2.24, 2.45) is 17.6 Å². The molecule has 0 saturated carbocycles. The lowest BCUT2D eigenvalue weighted by Crippen LogP contribution is -2.57. The number of nitrogens with one attached hydrogen (secondary N) is 8. The Morgan fingerprint density at radius 3 is 1.32 bits per heavy atom. The fourth-order valence-corrected chi connectivity index (χ4v) is 7.72. The highest BCUT2D eigenvalue weighted by molar-refractivity contribution is 5.97. The van der Waals surface area contributed by atoms with Crippen molar-refractivity contribution in [2.75, 3.05) is 58.9 Å². The number of amides is 11. The highest BCUT2D eigenvalue weighted by Gasteiger charge is 2.41. The smallest absolute Gasteiger partial charge is 0.250 e. The second-order valence-corrected chi connectivity index (χ2v) is 17.2. The van der Waals surface area contributed by atoms with Crippen molar-refractivity contribution in [1.29, 1.82) is 0 Å². The molecule has 0 aromatic rings. The summed E-state index contributed by atoms with van der Waals surface area (Å²) in [7, 11) is 0.